The van der Waals surface area contributed by atoms with E-state index in [-0.39, 0.29) is 0 Å². The Morgan fingerprint density at radius 1 is 0.909 bits per heavy atom. The summed E-state index contributed by atoms with van der Waals surface area (Å²) in [6, 6.07) is 0.623. The number of methoxy groups -OCH3 is 2. The monoisotopic (exact) mass is 322 g/mol. The molecule has 0 radical (unpaired) electrons. The van der Waals surface area contributed by atoms with Gasteiger partial charge in [0.05, 0.1) is 25.7 Å². The second-order valence-electron chi connectivity index (χ2n) is 4.66. The van der Waals surface area contributed by atoms with E-state index in [1.807, 2.05) is 13.8 Å². The van der Waals surface area contributed by atoms with Gasteiger partial charge >= 0.3 is 12.0 Å². The number of hydrogen-bond acceptors (Lipinski definition) is 7. The molecule has 0 aromatic carbocycles. The van der Waals surface area contributed by atoms with Crippen molar-refractivity contribution in [2.45, 2.75) is 25.4 Å². The van der Waals surface area contributed by atoms with E-state index in [2.05, 4.69) is 19.9 Å². The minimum Gasteiger partial charge on any atom is -0.467 e. The van der Waals surface area contributed by atoms with Crippen LogP contribution in [0, 0.1) is 13.8 Å². The van der Waals surface area contributed by atoms with Crippen molar-refractivity contribution in [3.05, 3.63) is 34.9 Å². The van der Waals surface area contributed by atoms with Gasteiger partial charge in [-0.1, -0.05) is 0 Å². The third-order valence-corrected chi connectivity index (χ3v) is 4.38. The van der Waals surface area contributed by atoms with E-state index >= 15 is 0 Å². The molecule has 2 aromatic heterocycles. The van der Waals surface area contributed by atoms with E-state index < -0.39 is 10.8 Å². The van der Waals surface area contributed by atoms with Crippen LogP contribution in [0.5, 0.6) is 12.0 Å². The Labute approximate surface area is 131 Å². The zero-order valence-electron chi connectivity index (χ0n) is 13.0. The molecule has 0 N–H and O–H groups in total. The summed E-state index contributed by atoms with van der Waals surface area (Å²) >= 11 is 0. The van der Waals surface area contributed by atoms with E-state index in [9.17, 15) is 4.21 Å². The molecule has 0 aliphatic carbocycles. The first-order chi connectivity index (χ1) is 10.5. The summed E-state index contributed by atoms with van der Waals surface area (Å²) in [5.74, 6) is 0.753. The molecule has 2 aromatic rings. The molecule has 0 amide bonds. The highest BCUT2D eigenvalue weighted by Crippen LogP contribution is 2.15. The molecule has 22 heavy (non-hydrogen) atoms. The average molecular weight is 322 g/mol. The predicted molar refractivity (Wildman–Crippen MR) is 82.2 cm³/mol. The lowest BCUT2D eigenvalue weighted by molar-refractivity contribution is 0.378. The van der Waals surface area contributed by atoms with Crippen molar-refractivity contribution < 1.29 is 13.7 Å². The molecule has 0 spiro atoms. The first kappa shape index (κ1) is 16.3. The number of nitrogens with zero attached hydrogens (tertiary/aromatic N) is 4. The van der Waals surface area contributed by atoms with Crippen molar-refractivity contribution in [3.8, 4) is 12.0 Å². The maximum atomic E-state index is 12.3. The van der Waals surface area contributed by atoms with Crippen LogP contribution in [0.25, 0.3) is 0 Å². The fourth-order valence-electron chi connectivity index (χ4n) is 1.82. The summed E-state index contributed by atoms with van der Waals surface area (Å²) < 4.78 is 22.3. The molecule has 118 valence electrons. The number of aromatic nitrogens is 4. The normalized spacial score (nSPS) is 10.8. The standard InChI is InChI=1S/C14H18N4O3S/c1-9-11(5-15-13(17-9)20-3)7-22(19)8-12-6-16-14(21-4)18-10(12)2/h5-6H,7-8H2,1-4H3. The van der Waals surface area contributed by atoms with Crippen LogP contribution < -0.4 is 9.47 Å². The van der Waals surface area contributed by atoms with E-state index in [0.717, 1.165) is 22.5 Å². The Morgan fingerprint density at radius 2 is 1.32 bits per heavy atom. The van der Waals surface area contributed by atoms with Gasteiger partial charge in [0.15, 0.2) is 0 Å². The third kappa shape index (κ3) is 3.97. The van der Waals surface area contributed by atoms with Crippen molar-refractivity contribution >= 4 is 10.8 Å². The van der Waals surface area contributed by atoms with Gasteiger partial charge in [0.1, 0.15) is 0 Å². The van der Waals surface area contributed by atoms with Crippen LogP contribution in [0.15, 0.2) is 12.4 Å². The molecule has 0 bridgehead atoms. The van der Waals surface area contributed by atoms with Crippen molar-refractivity contribution in [1.82, 2.24) is 19.9 Å². The van der Waals surface area contributed by atoms with Crippen molar-refractivity contribution in [1.29, 1.82) is 0 Å². The Balaban J connectivity index is 2.07. The number of ether oxygens (including phenoxy) is 2. The zero-order valence-corrected chi connectivity index (χ0v) is 13.8. The van der Waals surface area contributed by atoms with Crippen LogP contribution >= 0.6 is 0 Å². The van der Waals surface area contributed by atoms with Crippen LogP contribution in [0.3, 0.4) is 0 Å². The van der Waals surface area contributed by atoms with E-state index in [0.29, 0.717) is 23.5 Å². The van der Waals surface area contributed by atoms with Gasteiger partial charge in [-0.05, 0) is 13.8 Å². The lowest BCUT2D eigenvalue weighted by Gasteiger charge is -2.08. The molecular weight excluding hydrogens is 304 g/mol. The van der Waals surface area contributed by atoms with Crippen molar-refractivity contribution in [2.75, 3.05) is 14.2 Å². The Morgan fingerprint density at radius 3 is 1.64 bits per heavy atom. The van der Waals surface area contributed by atoms with Crippen LogP contribution in [0.1, 0.15) is 22.5 Å². The summed E-state index contributed by atoms with van der Waals surface area (Å²) in [6.07, 6.45) is 3.30. The minimum absolute atomic E-state index is 0.312. The van der Waals surface area contributed by atoms with E-state index in [1.165, 1.54) is 14.2 Å². The largest absolute Gasteiger partial charge is 0.467 e. The fourth-order valence-corrected chi connectivity index (χ4v) is 3.18. The molecule has 0 saturated carbocycles. The second-order valence-corrected chi connectivity index (χ2v) is 6.12. The van der Waals surface area contributed by atoms with E-state index in [1.54, 1.807) is 12.4 Å². The summed E-state index contributed by atoms with van der Waals surface area (Å²) in [7, 11) is 1.92. The first-order valence-electron chi connectivity index (χ1n) is 6.61. The number of hydrogen-bond donors (Lipinski definition) is 0. The van der Waals surface area contributed by atoms with Crippen molar-refractivity contribution in [2.24, 2.45) is 0 Å². The van der Waals surface area contributed by atoms with Crippen molar-refractivity contribution in [3.63, 3.8) is 0 Å². The Bertz CT molecular complexity index is 636. The lowest BCUT2D eigenvalue weighted by Crippen LogP contribution is -2.06. The third-order valence-electron chi connectivity index (χ3n) is 3.12. The molecule has 0 fully saturated rings. The molecule has 0 atom stereocenters. The molecule has 2 rings (SSSR count). The van der Waals surface area contributed by atoms with Crippen LogP contribution in [-0.4, -0.2) is 38.4 Å². The molecule has 0 unspecified atom stereocenters. The molecule has 7 nitrogen and oxygen atoms in total. The topological polar surface area (TPSA) is 87.1 Å². The maximum absolute atomic E-state index is 12.3. The van der Waals surface area contributed by atoms with Gasteiger partial charge in [-0.15, -0.1) is 0 Å². The number of aryl methyl sites for hydroxylation is 2. The molecule has 0 aliphatic rings. The zero-order chi connectivity index (χ0) is 16.1. The van der Waals surface area contributed by atoms with Gasteiger partial charge in [0.2, 0.25) is 0 Å². The molecule has 8 heteroatoms. The minimum atomic E-state index is -1.10. The average Bonchev–Trinajstić information content (AvgIpc) is 2.51. The van der Waals surface area contributed by atoms with Crippen LogP contribution in [-0.2, 0) is 22.3 Å². The second kappa shape index (κ2) is 7.26. The quantitative estimate of drug-likeness (QED) is 0.793. The molecule has 2 heterocycles. The van der Waals surface area contributed by atoms with Gasteiger partial charge in [-0.2, -0.15) is 0 Å². The lowest BCUT2D eigenvalue weighted by atomic mass is 10.3. The van der Waals surface area contributed by atoms with Crippen LogP contribution in [0.4, 0.5) is 0 Å². The Hall–Kier alpha value is -2.09. The highest BCUT2D eigenvalue weighted by Gasteiger charge is 2.11. The van der Waals surface area contributed by atoms with Gasteiger partial charge in [0.25, 0.3) is 0 Å². The maximum Gasteiger partial charge on any atom is 0.316 e. The number of rotatable bonds is 6. The molecule has 0 aliphatic heterocycles. The fraction of sp³-hybridized carbons (Fsp3) is 0.429. The van der Waals surface area contributed by atoms with Gasteiger partial charge in [-0.25, -0.2) is 19.9 Å². The summed E-state index contributed by atoms with van der Waals surface area (Å²) in [5, 5.41) is 0. The predicted octanol–water partition coefficient (Wildman–Crippen LogP) is 1.35. The SMILES string of the molecule is COc1ncc(CS(=O)Cc2cnc(OC)nc2C)c(C)n1. The van der Waals surface area contributed by atoms with E-state index in [4.69, 9.17) is 9.47 Å². The van der Waals surface area contributed by atoms with Gasteiger partial charge in [-0.3, -0.25) is 4.21 Å². The first-order valence-corrected chi connectivity index (χ1v) is 8.10. The smallest absolute Gasteiger partial charge is 0.316 e. The summed E-state index contributed by atoms with van der Waals surface area (Å²) in [4.78, 5) is 16.5. The Kier molecular flexibility index (Phi) is 5.37. The van der Waals surface area contributed by atoms with Gasteiger partial charge in [0, 0.05) is 45.7 Å². The molecular formula is C14H18N4O3S. The van der Waals surface area contributed by atoms with Crippen LogP contribution in [0.2, 0.25) is 0 Å². The summed E-state index contributed by atoms with van der Waals surface area (Å²) in [5.41, 5.74) is 3.21. The highest BCUT2D eigenvalue weighted by atomic mass is 32.2. The van der Waals surface area contributed by atoms with Gasteiger partial charge < -0.3 is 9.47 Å². The molecule has 0 saturated heterocycles. The highest BCUT2D eigenvalue weighted by molar-refractivity contribution is 7.83. The summed E-state index contributed by atoms with van der Waals surface area (Å²) in [6.45, 7) is 3.69.